The van der Waals surface area contributed by atoms with Crippen LogP contribution >= 0.6 is 28.1 Å². The molecule has 2 aromatic rings. The van der Waals surface area contributed by atoms with Gasteiger partial charge in [-0.15, -0.1) is 0 Å². The van der Waals surface area contributed by atoms with Gasteiger partial charge in [0.1, 0.15) is 11.8 Å². The highest BCUT2D eigenvalue weighted by molar-refractivity contribution is 9.10. The van der Waals surface area contributed by atoms with E-state index in [4.69, 9.17) is 21.7 Å². The van der Waals surface area contributed by atoms with Gasteiger partial charge in [0.25, 0.3) is 5.91 Å². The lowest BCUT2D eigenvalue weighted by Gasteiger charge is -2.36. The predicted molar refractivity (Wildman–Crippen MR) is 144 cm³/mol. The van der Waals surface area contributed by atoms with E-state index < -0.39 is 17.9 Å². The zero-order valence-electron chi connectivity index (χ0n) is 20.3. The fourth-order valence-electron chi connectivity index (χ4n) is 3.76. The smallest absolute Gasteiger partial charge is 0.308 e. The van der Waals surface area contributed by atoms with E-state index in [0.717, 1.165) is 6.42 Å². The van der Waals surface area contributed by atoms with Crippen molar-refractivity contribution in [1.82, 2.24) is 15.5 Å². The molecule has 8 nitrogen and oxygen atoms in total. The van der Waals surface area contributed by atoms with Gasteiger partial charge in [-0.2, -0.15) is 0 Å². The molecule has 192 valence electrons. The molecular weight excluding hydrogens is 546 g/mol. The number of hydrogen-bond donors (Lipinski definition) is 2. The van der Waals surface area contributed by atoms with Crippen LogP contribution in [0.5, 0.6) is 5.75 Å². The molecule has 3 rings (SSSR count). The van der Waals surface area contributed by atoms with Gasteiger partial charge in [0.05, 0.1) is 24.7 Å². The Bertz CT molecular complexity index is 1100. The van der Waals surface area contributed by atoms with E-state index in [1.54, 1.807) is 23.1 Å². The topological polar surface area (TPSA) is 97.0 Å². The number of nitrogens with zero attached hydrogens (tertiary/aromatic N) is 1. The molecule has 0 saturated carbocycles. The van der Waals surface area contributed by atoms with Crippen molar-refractivity contribution in [1.29, 1.82) is 0 Å². The van der Waals surface area contributed by atoms with Gasteiger partial charge in [-0.05, 0) is 62.7 Å². The number of nitrogens with one attached hydrogen (secondary N) is 2. The van der Waals surface area contributed by atoms with Crippen LogP contribution in [0, 0.1) is 0 Å². The maximum Gasteiger partial charge on any atom is 0.308 e. The van der Waals surface area contributed by atoms with Crippen LogP contribution < -0.4 is 15.4 Å². The molecule has 0 spiro atoms. The second-order valence-electron chi connectivity index (χ2n) is 8.58. The molecule has 1 heterocycles. The number of carbonyl (C=O) groups excluding carboxylic acids is 3. The van der Waals surface area contributed by atoms with E-state index in [2.05, 4.69) is 26.6 Å². The molecule has 1 aliphatic rings. The second-order valence-corrected chi connectivity index (χ2v) is 9.88. The summed E-state index contributed by atoms with van der Waals surface area (Å²) < 4.78 is 11.8. The Hall–Kier alpha value is -2.98. The van der Waals surface area contributed by atoms with Crippen molar-refractivity contribution < 1.29 is 23.9 Å². The Balaban J connectivity index is 1.59. The standard InChI is InChI=1S/C26H30BrN3O5S/c1-17(2)35-22-11-10-19(27)15-20(22)24(32)29-26(36)30-13-12-28-25(33)21(30)16-23(31)34-14-6-9-18-7-4-3-5-8-18/h3-5,7-8,10-11,15,17,21H,6,9,12-14,16H2,1-2H3,(H,28,33)(H,29,32,36). The summed E-state index contributed by atoms with van der Waals surface area (Å²) in [5.41, 5.74) is 1.47. The van der Waals surface area contributed by atoms with Crippen LogP contribution in [0.3, 0.4) is 0 Å². The van der Waals surface area contributed by atoms with Crippen molar-refractivity contribution in [2.75, 3.05) is 19.7 Å². The van der Waals surface area contributed by atoms with E-state index in [-0.39, 0.29) is 30.2 Å². The van der Waals surface area contributed by atoms with Crippen LogP contribution in [-0.2, 0) is 20.7 Å². The van der Waals surface area contributed by atoms with Gasteiger partial charge in [0.15, 0.2) is 5.11 Å². The van der Waals surface area contributed by atoms with Gasteiger partial charge < -0.3 is 19.7 Å². The van der Waals surface area contributed by atoms with E-state index in [1.807, 2.05) is 44.2 Å². The van der Waals surface area contributed by atoms with Crippen LogP contribution in [-0.4, -0.2) is 59.6 Å². The summed E-state index contributed by atoms with van der Waals surface area (Å²) >= 11 is 8.84. The lowest BCUT2D eigenvalue weighted by atomic mass is 10.1. The SMILES string of the molecule is CC(C)Oc1ccc(Br)cc1C(=O)NC(=S)N1CCNC(=O)C1CC(=O)OCCCc1ccccc1. The highest BCUT2D eigenvalue weighted by Crippen LogP contribution is 2.24. The van der Waals surface area contributed by atoms with Crippen LogP contribution in [0.1, 0.15) is 42.6 Å². The van der Waals surface area contributed by atoms with Crippen LogP contribution in [0.2, 0.25) is 0 Å². The molecule has 1 saturated heterocycles. The number of halogens is 1. The van der Waals surface area contributed by atoms with Gasteiger partial charge in [-0.3, -0.25) is 19.7 Å². The summed E-state index contributed by atoms with van der Waals surface area (Å²) in [7, 11) is 0. The van der Waals surface area contributed by atoms with Gasteiger partial charge in [-0.25, -0.2) is 0 Å². The average molecular weight is 577 g/mol. The maximum absolute atomic E-state index is 13.0. The van der Waals surface area contributed by atoms with Gasteiger partial charge in [0.2, 0.25) is 5.91 Å². The monoisotopic (exact) mass is 575 g/mol. The van der Waals surface area contributed by atoms with Gasteiger partial charge in [-0.1, -0.05) is 46.3 Å². The lowest BCUT2D eigenvalue weighted by Crippen LogP contribution is -2.60. The molecule has 36 heavy (non-hydrogen) atoms. The summed E-state index contributed by atoms with van der Waals surface area (Å²) in [6, 6.07) is 14.2. The van der Waals surface area contributed by atoms with Gasteiger partial charge >= 0.3 is 5.97 Å². The third kappa shape index (κ3) is 8.03. The number of benzene rings is 2. The molecule has 1 fully saturated rings. The number of piperazine rings is 1. The normalized spacial score (nSPS) is 15.3. The van der Waals surface area contributed by atoms with Gasteiger partial charge in [0, 0.05) is 17.6 Å². The minimum Gasteiger partial charge on any atom is -0.490 e. The van der Waals surface area contributed by atoms with Crippen molar-refractivity contribution in [3.05, 3.63) is 64.1 Å². The molecule has 0 radical (unpaired) electrons. The highest BCUT2D eigenvalue weighted by Gasteiger charge is 2.34. The Labute approximate surface area is 224 Å². The summed E-state index contributed by atoms with van der Waals surface area (Å²) in [6.07, 6.45) is 1.17. The fourth-order valence-corrected chi connectivity index (χ4v) is 4.43. The Morgan fingerprint density at radius 3 is 2.69 bits per heavy atom. The van der Waals surface area contributed by atoms with Crippen molar-refractivity contribution in [3.8, 4) is 5.75 Å². The summed E-state index contributed by atoms with van der Waals surface area (Å²) in [4.78, 5) is 39.6. The third-order valence-corrected chi connectivity index (χ3v) is 6.27. The number of amides is 2. The molecule has 1 aliphatic heterocycles. The molecule has 0 aromatic heterocycles. The maximum atomic E-state index is 13.0. The molecule has 2 N–H and O–H groups in total. The summed E-state index contributed by atoms with van der Waals surface area (Å²) in [6.45, 7) is 4.68. The van der Waals surface area contributed by atoms with Crippen LogP contribution in [0.15, 0.2) is 53.0 Å². The Morgan fingerprint density at radius 2 is 1.97 bits per heavy atom. The number of ether oxygens (including phenoxy) is 2. The van der Waals surface area contributed by atoms with Crippen LogP contribution in [0.4, 0.5) is 0 Å². The van der Waals surface area contributed by atoms with Crippen molar-refractivity contribution in [2.24, 2.45) is 0 Å². The molecule has 1 unspecified atom stereocenters. The minimum atomic E-state index is -0.873. The number of carbonyl (C=O) groups is 3. The lowest BCUT2D eigenvalue weighted by molar-refractivity contribution is -0.147. The summed E-state index contributed by atoms with van der Waals surface area (Å²) in [5, 5.41) is 5.50. The zero-order chi connectivity index (χ0) is 26.1. The second kappa shape index (κ2) is 13.4. The number of hydrogen-bond acceptors (Lipinski definition) is 6. The van der Waals surface area contributed by atoms with E-state index >= 15 is 0 Å². The first-order valence-electron chi connectivity index (χ1n) is 11.8. The van der Waals surface area contributed by atoms with Crippen molar-refractivity contribution in [2.45, 2.75) is 45.3 Å². The number of thiocarbonyl (C=S) groups is 1. The first kappa shape index (κ1) is 27.6. The Kier molecular flexibility index (Phi) is 10.2. The van der Waals surface area contributed by atoms with Crippen molar-refractivity contribution in [3.63, 3.8) is 0 Å². The molecule has 2 aromatic carbocycles. The number of rotatable bonds is 9. The highest BCUT2D eigenvalue weighted by atomic mass is 79.9. The van der Waals surface area contributed by atoms with Crippen molar-refractivity contribution >= 4 is 51.0 Å². The molecule has 2 amide bonds. The zero-order valence-corrected chi connectivity index (χ0v) is 22.7. The molecule has 0 aliphatic carbocycles. The summed E-state index contributed by atoms with van der Waals surface area (Å²) in [5.74, 6) is -0.889. The number of aryl methyl sites for hydroxylation is 1. The van der Waals surface area contributed by atoms with E-state index in [9.17, 15) is 14.4 Å². The average Bonchev–Trinajstić information content (AvgIpc) is 2.84. The van der Waals surface area contributed by atoms with E-state index in [0.29, 0.717) is 35.3 Å². The quantitative estimate of drug-likeness (QED) is 0.268. The first-order chi connectivity index (χ1) is 17.2. The molecule has 10 heteroatoms. The molecular formula is C26H30BrN3O5S. The first-order valence-corrected chi connectivity index (χ1v) is 13.0. The number of esters is 1. The largest absolute Gasteiger partial charge is 0.490 e. The van der Waals surface area contributed by atoms with Crippen LogP contribution in [0.25, 0.3) is 0 Å². The molecule has 0 bridgehead atoms. The van der Waals surface area contributed by atoms with E-state index in [1.165, 1.54) is 5.56 Å². The third-order valence-electron chi connectivity index (χ3n) is 5.44. The molecule has 1 atom stereocenters. The minimum absolute atomic E-state index is 0.0622. The Morgan fingerprint density at radius 1 is 1.22 bits per heavy atom. The predicted octanol–water partition coefficient (Wildman–Crippen LogP) is 3.62. The fraction of sp³-hybridized carbons (Fsp3) is 0.385.